The summed E-state index contributed by atoms with van der Waals surface area (Å²) in [6, 6.07) is 18.6. The fourth-order valence-corrected chi connectivity index (χ4v) is 7.00. The summed E-state index contributed by atoms with van der Waals surface area (Å²) >= 11 is 0. The highest BCUT2D eigenvalue weighted by Crippen LogP contribution is 2.41. The minimum atomic E-state index is -5.02. The maximum absolute atomic E-state index is 13.7. The zero-order chi connectivity index (χ0) is 33.9. The number of imidazole rings is 1. The molecule has 0 aliphatic heterocycles. The molecule has 15 nitrogen and oxygen atoms in total. The highest BCUT2D eigenvalue weighted by molar-refractivity contribution is 7.87. The normalized spacial score (nSPS) is 12.6. The molecule has 0 atom stereocenters. The maximum Gasteiger partial charge on any atom is 0.339 e. The average molecular weight is 694 g/mol. The van der Waals surface area contributed by atoms with Crippen LogP contribution in [0.25, 0.3) is 27.5 Å². The monoisotopic (exact) mass is 693 g/mol. The number of para-hydroxylation sites is 2. The van der Waals surface area contributed by atoms with E-state index in [4.69, 9.17) is 4.18 Å². The van der Waals surface area contributed by atoms with Crippen LogP contribution >= 0.6 is 0 Å². The summed E-state index contributed by atoms with van der Waals surface area (Å²) in [6.45, 7) is 1.44. The van der Waals surface area contributed by atoms with E-state index in [0.29, 0.717) is 17.1 Å². The van der Waals surface area contributed by atoms with Gasteiger partial charge in [-0.15, -0.1) is 10.2 Å². The van der Waals surface area contributed by atoms with Crippen molar-refractivity contribution in [3.8, 4) is 11.8 Å². The van der Waals surface area contributed by atoms with Crippen molar-refractivity contribution in [3.05, 3.63) is 100 Å². The maximum atomic E-state index is 13.7. The van der Waals surface area contributed by atoms with E-state index in [0.717, 1.165) is 18.2 Å². The Kier molecular flexibility index (Phi) is 7.45. The Morgan fingerprint density at radius 2 is 1.45 bits per heavy atom. The van der Waals surface area contributed by atoms with Gasteiger partial charge in [-0.2, -0.15) is 30.5 Å². The summed E-state index contributed by atoms with van der Waals surface area (Å²) < 4.78 is 101. The summed E-state index contributed by atoms with van der Waals surface area (Å²) in [7, 11) is -14.7. The second-order valence-corrected chi connectivity index (χ2v) is 14.4. The van der Waals surface area contributed by atoms with Gasteiger partial charge in [-0.1, -0.05) is 30.3 Å². The predicted molar refractivity (Wildman–Crippen MR) is 167 cm³/mol. The van der Waals surface area contributed by atoms with Crippen LogP contribution in [0.5, 0.6) is 5.75 Å². The molecule has 0 spiro atoms. The van der Waals surface area contributed by atoms with E-state index < -0.39 is 57.1 Å². The van der Waals surface area contributed by atoms with Crippen molar-refractivity contribution in [3.63, 3.8) is 0 Å². The summed E-state index contributed by atoms with van der Waals surface area (Å²) in [5.41, 5.74) is -0.267. The van der Waals surface area contributed by atoms with E-state index >= 15 is 0 Å². The number of pyridine rings is 1. The minimum absolute atomic E-state index is 0.0436. The van der Waals surface area contributed by atoms with Gasteiger partial charge < -0.3 is 9.17 Å². The van der Waals surface area contributed by atoms with E-state index in [2.05, 4.69) is 15.2 Å². The Labute approximate surface area is 265 Å². The van der Waals surface area contributed by atoms with E-state index in [-0.39, 0.29) is 38.1 Å². The molecular formula is C29H19N5O10S3. The average Bonchev–Trinajstić information content (AvgIpc) is 3.39. The third-order valence-electron chi connectivity index (χ3n) is 7.13. The SMILES string of the molecule is Cc1c(N=Nc2cc(S(=O)(=O)O)cc3cc(S(=O)(=O)O)cc(OS(=O)(=O)c4ccccc4)c23)c(=O)n2c([nH]c3ccccc32)c1C#N. The first-order chi connectivity index (χ1) is 22.1. The van der Waals surface area contributed by atoms with Crippen LogP contribution < -0.4 is 9.74 Å². The zero-order valence-corrected chi connectivity index (χ0v) is 26.1. The minimum Gasteiger partial charge on any atom is -0.378 e. The molecule has 2 aromatic heterocycles. The predicted octanol–water partition coefficient (Wildman–Crippen LogP) is 4.79. The lowest BCUT2D eigenvalue weighted by atomic mass is 10.1. The Morgan fingerprint density at radius 1 is 0.830 bits per heavy atom. The Bertz CT molecular complexity index is 2760. The van der Waals surface area contributed by atoms with Gasteiger partial charge in [0.25, 0.3) is 25.8 Å². The molecular weight excluding hydrogens is 675 g/mol. The van der Waals surface area contributed by atoms with Gasteiger partial charge in [-0.3, -0.25) is 18.3 Å². The molecule has 6 rings (SSSR count). The van der Waals surface area contributed by atoms with Gasteiger partial charge in [0.05, 0.1) is 37.5 Å². The summed E-state index contributed by atoms with van der Waals surface area (Å²) in [4.78, 5) is 14.7. The van der Waals surface area contributed by atoms with Crippen molar-refractivity contribution < 1.29 is 38.5 Å². The van der Waals surface area contributed by atoms with Gasteiger partial charge in [0.1, 0.15) is 16.6 Å². The number of rotatable bonds is 7. The second kappa shape index (κ2) is 11.1. The number of hydrogen-bond acceptors (Lipinski definition) is 11. The second-order valence-electron chi connectivity index (χ2n) is 10.1. The largest absolute Gasteiger partial charge is 0.378 e. The van der Waals surface area contributed by atoms with Gasteiger partial charge in [-0.05, 0) is 54.8 Å². The van der Waals surface area contributed by atoms with Crippen molar-refractivity contribution >= 4 is 69.2 Å². The number of nitriles is 1. The van der Waals surface area contributed by atoms with Crippen LogP contribution in [0, 0.1) is 18.3 Å². The number of azo groups is 1. The lowest BCUT2D eigenvalue weighted by Crippen LogP contribution is -2.14. The summed E-state index contributed by atoms with van der Waals surface area (Å²) in [6.07, 6.45) is 0. The molecule has 0 aliphatic rings. The molecule has 3 N–H and O–H groups in total. The van der Waals surface area contributed by atoms with E-state index in [1.165, 1.54) is 35.6 Å². The van der Waals surface area contributed by atoms with Gasteiger partial charge >= 0.3 is 10.1 Å². The van der Waals surface area contributed by atoms with Crippen LogP contribution in [0.15, 0.2) is 109 Å². The molecule has 4 aromatic carbocycles. The molecule has 2 heterocycles. The first-order valence-corrected chi connectivity index (χ1v) is 17.4. The van der Waals surface area contributed by atoms with Crippen LogP contribution in [0.4, 0.5) is 11.4 Å². The van der Waals surface area contributed by atoms with Gasteiger partial charge in [-0.25, -0.2) is 0 Å². The lowest BCUT2D eigenvalue weighted by molar-refractivity contribution is 0.477. The first-order valence-electron chi connectivity index (χ1n) is 13.1. The fraction of sp³-hybridized carbons (Fsp3) is 0.0345. The quantitative estimate of drug-likeness (QED) is 0.117. The Morgan fingerprint density at radius 3 is 2.09 bits per heavy atom. The lowest BCUT2D eigenvalue weighted by Gasteiger charge is -2.14. The molecule has 0 aliphatic carbocycles. The van der Waals surface area contributed by atoms with Crippen LogP contribution in [-0.2, 0) is 30.4 Å². The van der Waals surface area contributed by atoms with E-state index in [1.807, 2.05) is 6.07 Å². The van der Waals surface area contributed by atoms with Gasteiger partial charge in [0, 0.05) is 11.6 Å². The van der Waals surface area contributed by atoms with Gasteiger partial charge in [0.2, 0.25) is 0 Å². The summed E-state index contributed by atoms with van der Waals surface area (Å²) in [5, 5.41) is 17.3. The number of fused-ring (bicyclic) bond motifs is 4. The molecule has 0 unspecified atom stereocenters. The van der Waals surface area contributed by atoms with Crippen LogP contribution in [0.3, 0.4) is 0 Å². The summed E-state index contributed by atoms with van der Waals surface area (Å²) in [5.74, 6) is -0.715. The molecule has 47 heavy (non-hydrogen) atoms. The molecule has 0 radical (unpaired) electrons. The van der Waals surface area contributed by atoms with Crippen LogP contribution in [0.1, 0.15) is 11.1 Å². The third kappa shape index (κ3) is 5.62. The highest BCUT2D eigenvalue weighted by Gasteiger charge is 2.25. The number of nitrogens with zero attached hydrogens (tertiary/aromatic N) is 4. The molecule has 18 heteroatoms. The Hall–Kier alpha value is -5.45. The van der Waals surface area contributed by atoms with Crippen molar-refractivity contribution in [2.45, 2.75) is 21.6 Å². The molecule has 6 aromatic rings. The third-order valence-corrected chi connectivity index (χ3v) is 10.0. The molecule has 0 saturated heterocycles. The number of H-pyrrole nitrogens is 1. The smallest absolute Gasteiger partial charge is 0.339 e. The standard InChI is InChI=1S/C29H19N5O10S3/c1-16-21(15-30)28-31-22-9-5-6-10-24(22)34(28)29(35)27(16)33-32-23-13-19(45(36,37)38)11-17-12-20(46(39,40)41)14-25(26(17)23)44-47(42,43)18-7-3-2-4-8-18/h2-14,31H,1H3,(H,36,37,38)(H,39,40,41). The highest BCUT2D eigenvalue weighted by atomic mass is 32.2. The van der Waals surface area contributed by atoms with Crippen LogP contribution in [0.2, 0.25) is 0 Å². The number of aromatic nitrogens is 2. The van der Waals surface area contributed by atoms with Crippen molar-refractivity contribution in [2.75, 3.05) is 0 Å². The van der Waals surface area contributed by atoms with Crippen molar-refractivity contribution in [1.82, 2.24) is 9.38 Å². The molecule has 0 bridgehead atoms. The van der Waals surface area contributed by atoms with E-state index in [1.54, 1.807) is 30.3 Å². The molecule has 0 saturated carbocycles. The van der Waals surface area contributed by atoms with Crippen molar-refractivity contribution in [1.29, 1.82) is 5.26 Å². The zero-order valence-electron chi connectivity index (χ0n) is 23.7. The Balaban J connectivity index is 1.67. The van der Waals surface area contributed by atoms with E-state index in [9.17, 15) is 44.4 Å². The number of benzene rings is 4. The fourth-order valence-electron chi connectivity index (χ4n) is 4.98. The van der Waals surface area contributed by atoms with Crippen LogP contribution in [-0.4, -0.2) is 43.7 Å². The number of nitrogens with one attached hydrogen (secondary N) is 1. The molecule has 238 valence electrons. The molecule has 0 amide bonds. The number of hydrogen-bond donors (Lipinski definition) is 3. The number of aromatic amines is 1. The first kappa shape index (κ1) is 31.5. The van der Waals surface area contributed by atoms with Crippen molar-refractivity contribution in [2.24, 2.45) is 10.2 Å². The molecule has 0 fully saturated rings. The topological polar surface area (TPSA) is 238 Å². The van der Waals surface area contributed by atoms with Gasteiger partial charge in [0.15, 0.2) is 11.4 Å².